The van der Waals surface area contributed by atoms with Crippen LogP contribution in [0.3, 0.4) is 0 Å². The first kappa shape index (κ1) is 18.7. The summed E-state index contributed by atoms with van der Waals surface area (Å²) >= 11 is 7.46. The zero-order valence-corrected chi connectivity index (χ0v) is 16.6. The number of fused-ring (bicyclic) bond motifs is 1. The molecule has 0 spiro atoms. The van der Waals surface area contributed by atoms with Crippen molar-refractivity contribution in [1.29, 1.82) is 0 Å². The van der Waals surface area contributed by atoms with Gasteiger partial charge in [-0.2, -0.15) is 4.98 Å². The van der Waals surface area contributed by atoms with Crippen LogP contribution in [0.1, 0.15) is 35.5 Å². The molecule has 1 aromatic carbocycles. The summed E-state index contributed by atoms with van der Waals surface area (Å²) in [6, 6.07) is 7.32. The minimum Gasteiger partial charge on any atom is -0.349 e. The van der Waals surface area contributed by atoms with E-state index in [9.17, 15) is 4.79 Å². The molecule has 1 atom stereocenters. The Bertz CT molecular complexity index is 972. The first-order chi connectivity index (χ1) is 12.4. The fourth-order valence-electron chi connectivity index (χ4n) is 2.62. The number of halogens is 1. The molecule has 0 bridgehead atoms. The third-order valence-electron chi connectivity index (χ3n) is 4.32. The summed E-state index contributed by atoms with van der Waals surface area (Å²) in [5, 5.41) is 8.57. The van der Waals surface area contributed by atoms with E-state index in [0.717, 1.165) is 22.5 Å². The molecule has 3 aromatic rings. The molecule has 0 unspecified atom stereocenters. The van der Waals surface area contributed by atoms with Gasteiger partial charge in [0.2, 0.25) is 11.1 Å². The van der Waals surface area contributed by atoms with Gasteiger partial charge in [0.25, 0.3) is 5.78 Å². The summed E-state index contributed by atoms with van der Waals surface area (Å²) in [5.74, 6) is 0.680. The molecule has 0 radical (unpaired) electrons. The molecule has 136 valence electrons. The van der Waals surface area contributed by atoms with Crippen LogP contribution in [0.4, 0.5) is 0 Å². The van der Waals surface area contributed by atoms with Crippen LogP contribution in [0.5, 0.6) is 0 Å². The zero-order chi connectivity index (χ0) is 18.8. The second-order valence-corrected chi connectivity index (χ2v) is 7.46. The van der Waals surface area contributed by atoms with Gasteiger partial charge >= 0.3 is 0 Å². The van der Waals surface area contributed by atoms with Crippen LogP contribution >= 0.6 is 23.4 Å². The third kappa shape index (κ3) is 3.83. The van der Waals surface area contributed by atoms with Gasteiger partial charge in [0.05, 0.1) is 11.8 Å². The van der Waals surface area contributed by atoms with Gasteiger partial charge in [0.1, 0.15) is 0 Å². The van der Waals surface area contributed by atoms with Crippen molar-refractivity contribution in [1.82, 2.24) is 24.9 Å². The minimum atomic E-state index is -0.167. The van der Waals surface area contributed by atoms with Crippen LogP contribution in [-0.2, 0) is 4.79 Å². The lowest BCUT2D eigenvalue weighted by atomic mass is 10.1. The monoisotopic (exact) mass is 389 g/mol. The summed E-state index contributed by atoms with van der Waals surface area (Å²) in [6.07, 6.45) is 0. The van der Waals surface area contributed by atoms with Crippen molar-refractivity contribution in [2.75, 3.05) is 5.75 Å². The second-order valence-electron chi connectivity index (χ2n) is 6.11. The lowest BCUT2D eigenvalue weighted by molar-refractivity contribution is -0.119. The molecule has 2 heterocycles. The second kappa shape index (κ2) is 7.63. The van der Waals surface area contributed by atoms with E-state index in [-0.39, 0.29) is 17.7 Å². The molecule has 0 saturated heterocycles. The third-order valence-corrected chi connectivity index (χ3v) is 5.50. The molecular formula is C18H20ClN5OS. The van der Waals surface area contributed by atoms with Gasteiger partial charge in [0, 0.05) is 16.4 Å². The smallest absolute Gasteiger partial charge is 0.253 e. The largest absolute Gasteiger partial charge is 0.349 e. The maximum Gasteiger partial charge on any atom is 0.253 e. The SMILES string of the molecule is Cc1nc2nc(SCC(=O)N[C@H](C)c3ccccc3Cl)nn2c(C)c1C. The topological polar surface area (TPSA) is 72.2 Å². The van der Waals surface area contributed by atoms with Crippen LogP contribution in [-0.4, -0.2) is 31.2 Å². The van der Waals surface area contributed by atoms with E-state index >= 15 is 0 Å². The number of aromatic nitrogens is 4. The number of rotatable bonds is 5. The van der Waals surface area contributed by atoms with E-state index in [2.05, 4.69) is 20.4 Å². The molecule has 0 aliphatic rings. The van der Waals surface area contributed by atoms with Crippen LogP contribution in [0.25, 0.3) is 5.78 Å². The van der Waals surface area contributed by atoms with Gasteiger partial charge in [-0.1, -0.05) is 41.6 Å². The Labute approximate surface area is 161 Å². The summed E-state index contributed by atoms with van der Waals surface area (Å²) < 4.78 is 1.72. The number of amides is 1. The number of hydrogen-bond acceptors (Lipinski definition) is 5. The quantitative estimate of drug-likeness (QED) is 0.674. The molecule has 0 aliphatic carbocycles. The molecule has 2 aromatic heterocycles. The fourth-order valence-corrected chi connectivity index (χ4v) is 3.54. The predicted octanol–water partition coefficient (Wildman–Crippen LogP) is 3.67. The molecule has 0 fully saturated rings. The van der Waals surface area contributed by atoms with Crippen LogP contribution in [0.15, 0.2) is 29.4 Å². The Balaban J connectivity index is 1.65. The Hall–Kier alpha value is -2.12. The molecule has 3 rings (SSSR count). The molecule has 26 heavy (non-hydrogen) atoms. The molecule has 1 N–H and O–H groups in total. The van der Waals surface area contributed by atoms with Crippen LogP contribution in [0.2, 0.25) is 5.02 Å². The standard InChI is InChI=1S/C18H20ClN5OS/c1-10-11(2)21-17-22-18(23-24(17)13(10)4)26-9-16(25)20-12(3)14-7-5-6-8-15(14)19/h5-8,12H,9H2,1-4H3,(H,20,25)/t12-/m1/s1. The molecule has 6 nitrogen and oxygen atoms in total. The average Bonchev–Trinajstić information content (AvgIpc) is 3.01. The van der Waals surface area contributed by atoms with Crippen LogP contribution in [0, 0.1) is 20.8 Å². The summed E-state index contributed by atoms with van der Waals surface area (Å²) in [7, 11) is 0. The van der Waals surface area contributed by atoms with E-state index in [1.807, 2.05) is 52.0 Å². The van der Waals surface area contributed by atoms with Crippen molar-refractivity contribution in [3.8, 4) is 0 Å². The highest BCUT2D eigenvalue weighted by molar-refractivity contribution is 7.99. The molecule has 0 aliphatic heterocycles. The lowest BCUT2D eigenvalue weighted by Gasteiger charge is -2.15. The normalized spacial score (nSPS) is 12.3. The number of hydrogen-bond donors (Lipinski definition) is 1. The van der Waals surface area contributed by atoms with Gasteiger partial charge in [-0.15, -0.1) is 5.10 Å². The van der Waals surface area contributed by atoms with Crippen molar-refractivity contribution in [3.63, 3.8) is 0 Å². The molecule has 0 saturated carbocycles. The number of nitrogens with one attached hydrogen (secondary N) is 1. The molecule has 1 amide bonds. The fraction of sp³-hybridized carbons (Fsp3) is 0.333. The van der Waals surface area contributed by atoms with E-state index in [4.69, 9.17) is 11.6 Å². The zero-order valence-electron chi connectivity index (χ0n) is 15.1. The van der Waals surface area contributed by atoms with E-state index < -0.39 is 0 Å². The number of aryl methyl sites for hydroxylation is 2. The van der Waals surface area contributed by atoms with Crippen molar-refractivity contribution in [3.05, 3.63) is 51.8 Å². The predicted molar refractivity (Wildman–Crippen MR) is 104 cm³/mol. The van der Waals surface area contributed by atoms with E-state index in [0.29, 0.717) is 16.0 Å². The Morgan fingerprint density at radius 3 is 2.73 bits per heavy atom. The number of carbonyl (C=O) groups excluding carboxylic acids is 1. The van der Waals surface area contributed by atoms with E-state index in [1.54, 1.807) is 4.52 Å². The summed E-state index contributed by atoms with van der Waals surface area (Å²) in [4.78, 5) is 21.1. The summed E-state index contributed by atoms with van der Waals surface area (Å²) in [5.41, 5.74) is 3.92. The number of nitrogens with zero attached hydrogens (tertiary/aromatic N) is 4. The van der Waals surface area contributed by atoms with Gasteiger partial charge < -0.3 is 5.32 Å². The van der Waals surface area contributed by atoms with Gasteiger partial charge in [-0.25, -0.2) is 9.50 Å². The molecule has 8 heteroatoms. The Kier molecular flexibility index (Phi) is 5.48. The van der Waals surface area contributed by atoms with Crippen molar-refractivity contribution in [2.45, 2.75) is 38.9 Å². The van der Waals surface area contributed by atoms with Gasteiger partial charge in [0.15, 0.2) is 0 Å². The van der Waals surface area contributed by atoms with Crippen LogP contribution < -0.4 is 5.32 Å². The van der Waals surface area contributed by atoms with Crippen molar-refractivity contribution in [2.24, 2.45) is 0 Å². The molecular weight excluding hydrogens is 370 g/mol. The first-order valence-corrected chi connectivity index (χ1v) is 9.60. The van der Waals surface area contributed by atoms with Gasteiger partial charge in [-0.05, 0) is 44.9 Å². The average molecular weight is 390 g/mol. The van der Waals surface area contributed by atoms with Crippen molar-refractivity contribution >= 4 is 35.0 Å². The van der Waals surface area contributed by atoms with E-state index in [1.165, 1.54) is 11.8 Å². The maximum absolute atomic E-state index is 12.2. The highest BCUT2D eigenvalue weighted by atomic mass is 35.5. The van der Waals surface area contributed by atoms with Gasteiger partial charge in [-0.3, -0.25) is 4.79 Å². The van der Waals surface area contributed by atoms with Crippen molar-refractivity contribution < 1.29 is 4.79 Å². The highest BCUT2D eigenvalue weighted by Crippen LogP contribution is 2.23. The Morgan fingerprint density at radius 1 is 1.27 bits per heavy atom. The number of thioether (sulfide) groups is 1. The minimum absolute atomic E-state index is 0.0988. The Morgan fingerprint density at radius 2 is 2.00 bits per heavy atom. The first-order valence-electron chi connectivity index (χ1n) is 8.24. The highest BCUT2D eigenvalue weighted by Gasteiger charge is 2.15. The maximum atomic E-state index is 12.2. The number of carbonyl (C=O) groups is 1. The lowest BCUT2D eigenvalue weighted by Crippen LogP contribution is -2.28. The summed E-state index contributed by atoms with van der Waals surface area (Å²) in [6.45, 7) is 7.85. The number of benzene rings is 1.